The third-order valence-corrected chi connectivity index (χ3v) is 5.12. The summed E-state index contributed by atoms with van der Waals surface area (Å²) in [5, 5.41) is 12.5. The van der Waals surface area contributed by atoms with Crippen LogP contribution in [0.25, 0.3) is 0 Å². The van der Waals surface area contributed by atoms with Crippen molar-refractivity contribution in [3.05, 3.63) is 0 Å². The van der Waals surface area contributed by atoms with E-state index in [0.717, 1.165) is 32.1 Å². The van der Waals surface area contributed by atoms with Crippen molar-refractivity contribution in [2.24, 2.45) is 11.3 Å². The quantitative estimate of drug-likeness (QED) is 0.813. The molecule has 0 bridgehead atoms. The Bertz CT molecular complexity index is 334. The van der Waals surface area contributed by atoms with Gasteiger partial charge >= 0.3 is 0 Å². The van der Waals surface area contributed by atoms with Crippen LogP contribution in [-0.2, 0) is 9.53 Å². The Morgan fingerprint density at radius 1 is 1.35 bits per heavy atom. The van der Waals surface area contributed by atoms with Gasteiger partial charge in [0.1, 0.15) is 6.61 Å². The Labute approximate surface area is 122 Å². The molecular formula is C16H29NO3. The molecule has 0 aromatic carbocycles. The molecule has 2 fully saturated rings. The van der Waals surface area contributed by atoms with E-state index >= 15 is 0 Å². The standard InChI is InChI=1S/C16H29NO3/c1-12-5-3-6-13(9-12)20-10-15(19)17-14-7-4-8-16(14,2)11-18/h12-14,18H,3-11H2,1-2H3,(H,17,19). The molecule has 0 aromatic rings. The zero-order chi connectivity index (χ0) is 14.6. The number of carbonyl (C=O) groups is 1. The van der Waals surface area contributed by atoms with Crippen molar-refractivity contribution in [1.82, 2.24) is 5.32 Å². The molecule has 0 aliphatic heterocycles. The number of hydrogen-bond donors (Lipinski definition) is 2. The average Bonchev–Trinajstić information content (AvgIpc) is 2.79. The minimum atomic E-state index is -0.158. The molecule has 0 saturated heterocycles. The summed E-state index contributed by atoms with van der Waals surface area (Å²) >= 11 is 0. The molecule has 2 aliphatic rings. The Kier molecular flexibility index (Phi) is 5.44. The number of ether oxygens (including phenoxy) is 1. The molecule has 4 unspecified atom stereocenters. The first kappa shape index (κ1) is 15.8. The van der Waals surface area contributed by atoms with Gasteiger partial charge in [-0.25, -0.2) is 0 Å². The monoisotopic (exact) mass is 283 g/mol. The Balaban J connectivity index is 1.72. The van der Waals surface area contributed by atoms with Crippen LogP contribution in [0.4, 0.5) is 0 Å². The average molecular weight is 283 g/mol. The topological polar surface area (TPSA) is 58.6 Å². The fraction of sp³-hybridized carbons (Fsp3) is 0.938. The fourth-order valence-corrected chi connectivity index (χ4v) is 3.63. The van der Waals surface area contributed by atoms with E-state index < -0.39 is 0 Å². The van der Waals surface area contributed by atoms with Crippen LogP contribution in [0.2, 0.25) is 0 Å². The largest absolute Gasteiger partial charge is 0.396 e. The van der Waals surface area contributed by atoms with Gasteiger partial charge in [-0.15, -0.1) is 0 Å². The Morgan fingerprint density at radius 3 is 2.85 bits per heavy atom. The predicted molar refractivity (Wildman–Crippen MR) is 78.3 cm³/mol. The van der Waals surface area contributed by atoms with E-state index in [2.05, 4.69) is 19.2 Å². The highest BCUT2D eigenvalue weighted by molar-refractivity contribution is 5.77. The van der Waals surface area contributed by atoms with E-state index in [-0.39, 0.29) is 36.7 Å². The molecule has 2 aliphatic carbocycles. The van der Waals surface area contributed by atoms with Gasteiger partial charge in [-0.1, -0.05) is 33.1 Å². The van der Waals surface area contributed by atoms with Gasteiger partial charge in [0.15, 0.2) is 0 Å². The summed E-state index contributed by atoms with van der Waals surface area (Å²) in [4.78, 5) is 12.0. The Morgan fingerprint density at radius 2 is 2.15 bits per heavy atom. The van der Waals surface area contributed by atoms with Crippen molar-refractivity contribution in [2.75, 3.05) is 13.2 Å². The van der Waals surface area contributed by atoms with Crippen LogP contribution in [0.15, 0.2) is 0 Å². The van der Waals surface area contributed by atoms with Crippen molar-refractivity contribution >= 4 is 5.91 Å². The zero-order valence-electron chi connectivity index (χ0n) is 12.9. The summed E-state index contributed by atoms with van der Waals surface area (Å²) in [5.74, 6) is 0.680. The van der Waals surface area contributed by atoms with E-state index in [9.17, 15) is 9.90 Å². The first-order chi connectivity index (χ1) is 9.53. The molecule has 0 heterocycles. The van der Waals surface area contributed by atoms with Gasteiger partial charge in [0.25, 0.3) is 0 Å². The predicted octanol–water partition coefficient (Wildman–Crippen LogP) is 2.25. The minimum absolute atomic E-state index is 0.0326. The lowest BCUT2D eigenvalue weighted by molar-refractivity contribution is -0.130. The highest BCUT2D eigenvalue weighted by Crippen LogP contribution is 2.37. The van der Waals surface area contributed by atoms with E-state index in [1.165, 1.54) is 12.8 Å². The lowest BCUT2D eigenvalue weighted by Gasteiger charge is -2.31. The Hall–Kier alpha value is -0.610. The number of carbonyl (C=O) groups excluding carboxylic acids is 1. The smallest absolute Gasteiger partial charge is 0.246 e. The first-order valence-corrected chi connectivity index (χ1v) is 8.05. The van der Waals surface area contributed by atoms with Crippen molar-refractivity contribution < 1.29 is 14.6 Å². The van der Waals surface area contributed by atoms with E-state index in [1.54, 1.807) is 0 Å². The van der Waals surface area contributed by atoms with E-state index in [0.29, 0.717) is 5.92 Å². The lowest BCUT2D eigenvalue weighted by atomic mass is 9.86. The molecule has 116 valence electrons. The molecular weight excluding hydrogens is 254 g/mol. The van der Waals surface area contributed by atoms with Crippen LogP contribution >= 0.6 is 0 Å². The van der Waals surface area contributed by atoms with Crippen LogP contribution in [0.5, 0.6) is 0 Å². The number of nitrogens with one attached hydrogen (secondary N) is 1. The molecule has 0 radical (unpaired) electrons. The van der Waals surface area contributed by atoms with E-state index in [1.807, 2.05) is 0 Å². The molecule has 4 heteroatoms. The van der Waals surface area contributed by atoms with Crippen LogP contribution < -0.4 is 5.32 Å². The zero-order valence-corrected chi connectivity index (χ0v) is 12.9. The van der Waals surface area contributed by atoms with Crippen molar-refractivity contribution in [2.45, 2.75) is 70.9 Å². The van der Waals surface area contributed by atoms with Gasteiger partial charge in [-0.05, 0) is 31.6 Å². The highest BCUT2D eigenvalue weighted by Gasteiger charge is 2.39. The van der Waals surface area contributed by atoms with Gasteiger partial charge in [-0.3, -0.25) is 4.79 Å². The summed E-state index contributed by atoms with van der Waals surface area (Å²) in [6, 6.07) is 0.0916. The maximum atomic E-state index is 12.0. The molecule has 4 atom stereocenters. The molecule has 2 saturated carbocycles. The maximum Gasteiger partial charge on any atom is 0.246 e. The van der Waals surface area contributed by atoms with Gasteiger partial charge in [0.2, 0.25) is 5.91 Å². The van der Waals surface area contributed by atoms with Gasteiger partial charge in [0, 0.05) is 11.5 Å². The van der Waals surface area contributed by atoms with Crippen LogP contribution in [0.3, 0.4) is 0 Å². The van der Waals surface area contributed by atoms with Crippen LogP contribution in [0.1, 0.15) is 58.8 Å². The molecule has 2 rings (SSSR count). The second-order valence-corrected chi connectivity index (χ2v) is 7.03. The second kappa shape index (κ2) is 6.90. The highest BCUT2D eigenvalue weighted by atomic mass is 16.5. The van der Waals surface area contributed by atoms with Crippen LogP contribution in [0, 0.1) is 11.3 Å². The van der Waals surface area contributed by atoms with Crippen LogP contribution in [-0.4, -0.2) is 36.4 Å². The van der Waals surface area contributed by atoms with Gasteiger partial charge in [-0.2, -0.15) is 0 Å². The third kappa shape index (κ3) is 3.95. The normalized spacial score (nSPS) is 37.9. The SMILES string of the molecule is CC1CCCC(OCC(=O)NC2CCCC2(C)CO)C1. The number of aliphatic hydroxyl groups is 1. The summed E-state index contributed by atoms with van der Waals surface area (Å²) in [7, 11) is 0. The van der Waals surface area contributed by atoms with Crippen molar-refractivity contribution in [3.8, 4) is 0 Å². The summed E-state index contributed by atoms with van der Waals surface area (Å²) < 4.78 is 5.75. The fourth-order valence-electron chi connectivity index (χ4n) is 3.63. The second-order valence-electron chi connectivity index (χ2n) is 7.03. The number of aliphatic hydroxyl groups excluding tert-OH is 1. The van der Waals surface area contributed by atoms with E-state index in [4.69, 9.17) is 4.74 Å². The summed E-state index contributed by atoms with van der Waals surface area (Å²) in [6.45, 7) is 4.60. The molecule has 4 nitrogen and oxygen atoms in total. The van der Waals surface area contributed by atoms with Gasteiger partial charge < -0.3 is 15.2 Å². The molecule has 2 N–H and O–H groups in total. The summed E-state index contributed by atoms with van der Waals surface area (Å²) in [5.41, 5.74) is -0.158. The van der Waals surface area contributed by atoms with Crippen molar-refractivity contribution in [1.29, 1.82) is 0 Å². The lowest BCUT2D eigenvalue weighted by Crippen LogP contribution is -2.46. The minimum Gasteiger partial charge on any atom is -0.396 e. The summed E-state index contributed by atoms with van der Waals surface area (Å²) in [6.07, 6.45) is 7.90. The third-order valence-electron chi connectivity index (χ3n) is 5.12. The maximum absolute atomic E-state index is 12.0. The first-order valence-electron chi connectivity index (χ1n) is 8.05. The van der Waals surface area contributed by atoms with Crippen molar-refractivity contribution in [3.63, 3.8) is 0 Å². The van der Waals surface area contributed by atoms with Gasteiger partial charge in [0.05, 0.1) is 12.7 Å². The number of rotatable bonds is 5. The molecule has 20 heavy (non-hydrogen) atoms. The molecule has 0 spiro atoms. The number of hydrogen-bond acceptors (Lipinski definition) is 3. The molecule has 1 amide bonds. The molecule has 0 aromatic heterocycles. The number of amides is 1.